The van der Waals surface area contributed by atoms with Gasteiger partial charge < -0.3 is 24.8 Å². The van der Waals surface area contributed by atoms with Crippen molar-refractivity contribution in [3.05, 3.63) is 149 Å². The Morgan fingerprint density at radius 2 is 1.09 bits per heavy atom. The van der Waals surface area contributed by atoms with Crippen LogP contribution >= 0.6 is 31.9 Å². The van der Waals surface area contributed by atoms with Gasteiger partial charge in [0.2, 0.25) is 0 Å². The fraction of sp³-hybridized carbons (Fsp3) is 0.293. The quantitative estimate of drug-likeness (QED) is 0.224. The molecule has 2 aliphatic carbocycles. The van der Waals surface area contributed by atoms with Gasteiger partial charge in [0.25, 0.3) is 0 Å². The van der Waals surface area contributed by atoms with Crippen molar-refractivity contribution in [2.24, 2.45) is 0 Å². The summed E-state index contributed by atoms with van der Waals surface area (Å²) in [4.78, 5) is 0. The van der Waals surface area contributed by atoms with E-state index in [1.807, 2.05) is 0 Å². The van der Waals surface area contributed by atoms with Crippen LogP contribution in [0.3, 0.4) is 0 Å². The molecule has 0 amide bonds. The van der Waals surface area contributed by atoms with E-state index in [4.69, 9.17) is 0 Å². The SMILES string of the molecule is CC(C)(C)c1ccc2c(c1)-c1cc(C(C)(C)C)ccc1[CH]2[Zr+2]([C]1=CC=CC1)=[C](Cc1ccc(Br)cc1)Cc1ccc(Br)cc1.[Cl-].[Cl-]. The van der Waals surface area contributed by atoms with E-state index in [1.165, 1.54) is 33.4 Å². The zero-order chi connectivity index (χ0) is 31.2. The summed E-state index contributed by atoms with van der Waals surface area (Å²) in [7, 11) is 0. The second kappa shape index (κ2) is 15.0. The summed E-state index contributed by atoms with van der Waals surface area (Å²) in [6, 6.07) is 33.0. The fourth-order valence-electron chi connectivity index (χ4n) is 6.71. The van der Waals surface area contributed by atoms with Gasteiger partial charge in [-0.3, -0.25) is 0 Å². The largest absolute Gasteiger partial charge is 1.00 e. The molecule has 0 spiro atoms. The summed E-state index contributed by atoms with van der Waals surface area (Å²) >= 11 is 4.79. The Bertz CT molecular complexity index is 1690. The van der Waals surface area contributed by atoms with Crippen LogP contribution in [0, 0.1) is 0 Å². The summed E-state index contributed by atoms with van der Waals surface area (Å²) in [6.45, 7) is 14.0. The molecule has 0 bridgehead atoms. The molecule has 0 fully saturated rings. The van der Waals surface area contributed by atoms with Crippen molar-refractivity contribution < 1.29 is 46.1 Å². The molecule has 0 saturated carbocycles. The van der Waals surface area contributed by atoms with E-state index in [9.17, 15) is 0 Å². The Balaban J connectivity index is 0.00000240. The first-order valence-corrected chi connectivity index (χ1v) is 21.2. The van der Waals surface area contributed by atoms with Crippen LogP contribution in [0.1, 0.15) is 85.0 Å². The van der Waals surface area contributed by atoms with E-state index >= 15 is 0 Å². The van der Waals surface area contributed by atoms with Crippen molar-refractivity contribution >= 4 is 35.1 Å². The molecular formula is C41H42Br2Cl2Zr. The predicted octanol–water partition coefficient (Wildman–Crippen LogP) is 6.00. The van der Waals surface area contributed by atoms with Gasteiger partial charge in [-0.25, -0.2) is 0 Å². The minimum Gasteiger partial charge on any atom is -1.00 e. The molecule has 4 aromatic rings. The molecule has 238 valence electrons. The van der Waals surface area contributed by atoms with Gasteiger partial charge in [-0.05, 0) is 0 Å². The summed E-state index contributed by atoms with van der Waals surface area (Å²) in [5.41, 5.74) is 11.9. The number of benzene rings is 4. The Labute approximate surface area is 313 Å². The van der Waals surface area contributed by atoms with Crippen molar-refractivity contribution in [1.82, 2.24) is 0 Å². The standard InChI is InChI=1S/C21H25.C15H12Br2.C5H5.2ClH.Zr/c1-20(2,3)16-9-7-14-11-15-8-10-17(21(4,5)6)13-19(15)18(14)12-16;16-14-8-4-12(5-9-14)2-1-3-13-6-10-15(17)11-7-13;1-2-4-5-3-1;;;/h7-13H,1-6H3;4-11H,2-3H2;1-3H,4H2;2*1H;/q;;;;;+2/p-2. The summed E-state index contributed by atoms with van der Waals surface area (Å²) in [6.07, 6.45) is 10.4. The van der Waals surface area contributed by atoms with Crippen molar-refractivity contribution in [3.8, 4) is 11.1 Å². The van der Waals surface area contributed by atoms with Gasteiger partial charge in [0.1, 0.15) is 0 Å². The smallest absolute Gasteiger partial charge is 1.00 e. The van der Waals surface area contributed by atoms with Crippen LogP contribution in [0.2, 0.25) is 0 Å². The molecular weight excluding hydrogens is 814 g/mol. The number of halogens is 4. The van der Waals surface area contributed by atoms with Crippen LogP contribution in [0.5, 0.6) is 0 Å². The molecule has 46 heavy (non-hydrogen) atoms. The van der Waals surface area contributed by atoms with Crippen molar-refractivity contribution in [2.75, 3.05) is 0 Å². The Morgan fingerprint density at radius 1 is 0.652 bits per heavy atom. The summed E-state index contributed by atoms with van der Waals surface area (Å²) < 4.78 is 6.24. The third kappa shape index (κ3) is 8.09. The van der Waals surface area contributed by atoms with Gasteiger partial charge in [-0.2, -0.15) is 0 Å². The van der Waals surface area contributed by atoms with Gasteiger partial charge in [-0.1, -0.05) is 0 Å². The molecule has 0 N–H and O–H groups in total. The van der Waals surface area contributed by atoms with Gasteiger partial charge in [0.15, 0.2) is 0 Å². The van der Waals surface area contributed by atoms with E-state index in [0.29, 0.717) is 3.63 Å². The first-order chi connectivity index (χ1) is 20.9. The van der Waals surface area contributed by atoms with Crippen LogP contribution < -0.4 is 24.8 Å². The molecule has 4 aromatic carbocycles. The van der Waals surface area contributed by atoms with E-state index in [0.717, 1.165) is 28.2 Å². The number of rotatable bonds is 6. The summed E-state index contributed by atoms with van der Waals surface area (Å²) in [5.74, 6) is 0. The van der Waals surface area contributed by atoms with Crippen molar-refractivity contribution in [1.29, 1.82) is 0 Å². The predicted molar refractivity (Wildman–Crippen MR) is 194 cm³/mol. The van der Waals surface area contributed by atoms with E-state index in [2.05, 4.69) is 177 Å². The first-order valence-electron chi connectivity index (χ1n) is 15.7. The minimum atomic E-state index is -2.55. The van der Waals surface area contributed by atoms with Crippen LogP contribution in [0.25, 0.3) is 11.1 Å². The van der Waals surface area contributed by atoms with Crippen LogP contribution in [-0.2, 0) is 44.9 Å². The first kappa shape index (κ1) is 37.5. The molecule has 0 radical (unpaired) electrons. The van der Waals surface area contributed by atoms with E-state index < -0.39 is 21.3 Å². The Morgan fingerprint density at radius 3 is 1.46 bits per heavy atom. The molecule has 0 aliphatic heterocycles. The van der Waals surface area contributed by atoms with Crippen molar-refractivity contribution in [3.63, 3.8) is 0 Å². The van der Waals surface area contributed by atoms with Crippen LogP contribution in [-0.4, -0.2) is 3.21 Å². The Kier molecular flexibility index (Phi) is 12.3. The normalized spacial score (nSPS) is 13.6. The summed E-state index contributed by atoms with van der Waals surface area (Å²) in [5, 5.41) is 0. The van der Waals surface area contributed by atoms with Gasteiger partial charge in [0, 0.05) is 0 Å². The number of fused-ring (bicyclic) bond motifs is 3. The Hall–Kier alpha value is -1.35. The third-order valence-corrected chi connectivity index (χ3v) is 18.6. The van der Waals surface area contributed by atoms with E-state index in [1.54, 1.807) is 17.6 Å². The maximum absolute atomic E-state index is 3.67. The molecule has 0 heterocycles. The topological polar surface area (TPSA) is 0 Å². The van der Waals surface area contributed by atoms with Crippen molar-refractivity contribution in [2.45, 2.75) is 75.3 Å². The maximum Gasteiger partial charge on any atom is -1.00 e. The molecule has 2 aliphatic rings. The minimum absolute atomic E-state index is 0. The van der Waals surface area contributed by atoms with E-state index in [-0.39, 0.29) is 35.6 Å². The number of hydrogen-bond acceptors (Lipinski definition) is 0. The molecule has 0 nitrogen and oxygen atoms in total. The zero-order valence-corrected chi connectivity index (χ0v) is 34.7. The monoisotopic (exact) mass is 852 g/mol. The maximum atomic E-state index is 3.67. The number of hydrogen-bond donors (Lipinski definition) is 0. The third-order valence-electron chi connectivity index (χ3n) is 9.20. The number of allylic oxidation sites excluding steroid dienone is 4. The van der Waals surface area contributed by atoms with Gasteiger partial charge in [-0.15, -0.1) is 0 Å². The van der Waals surface area contributed by atoms with Gasteiger partial charge in [0.05, 0.1) is 0 Å². The molecule has 6 rings (SSSR count). The van der Waals surface area contributed by atoms with Gasteiger partial charge >= 0.3 is 291 Å². The average molecular weight is 857 g/mol. The molecule has 0 saturated heterocycles. The van der Waals surface area contributed by atoms with Crippen LogP contribution in [0.4, 0.5) is 0 Å². The molecule has 0 aromatic heterocycles. The molecule has 5 heteroatoms. The second-order valence-corrected chi connectivity index (χ2v) is 23.1. The molecule has 0 atom stereocenters. The fourth-order valence-corrected chi connectivity index (χ4v) is 16.5. The van der Waals surface area contributed by atoms with Crippen LogP contribution in [0.15, 0.2) is 115 Å². The molecule has 0 unspecified atom stereocenters. The second-order valence-electron chi connectivity index (χ2n) is 14.5. The average Bonchev–Trinajstić information content (AvgIpc) is 3.61. The zero-order valence-electron chi connectivity index (χ0n) is 27.5.